The molecule has 0 bridgehead atoms. The summed E-state index contributed by atoms with van der Waals surface area (Å²) in [5, 5.41) is 10.3. The van der Waals surface area contributed by atoms with Crippen molar-refractivity contribution in [1.29, 1.82) is 0 Å². The third kappa shape index (κ3) is 2.01. The molecule has 0 aliphatic heterocycles. The van der Waals surface area contributed by atoms with Gasteiger partial charge in [0, 0.05) is 6.07 Å². The van der Waals surface area contributed by atoms with E-state index in [0.29, 0.717) is 0 Å². The van der Waals surface area contributed by atoms with Crippen LogP contribution in [0.4, 0.5) is 11.4 Å². The van der Waals surface area contributed by atoms with E-state index >= 15 is 0 Å². The van der Waals surface area contributed by atoms with Crippen LogP contribution in [-0.4, -0.2) is 13.7 Å². The van der Waals surface area contributed by atoms with Crippen molar-refractivity contribution in [1.82, 2.24) is 0 Å². The van der Waals surface area contributed by atoms with Crippen molar-refractivity contribution in [3.63, 3.8) is 0 Å². The summed E-state index contributed by atoms with van der Waals surface area (Å²) in [5.41, 5.74) is 4.88. The van der Waals surface area contributed by atoms with Crippen LogP contribution in [0.2, 0.25) is 0 Å². The lowest BCUT2D eigenvalue weighted by Crippen LogP contribution is -1.97. The van der Waals surface area contributed by atoms with Crippen LogP contribution in [0.3, 0.4) is 0 Å². The minimum absolute atomic E-state index is 0.0285. The van der Waals surface area contributed by atoms with Gasteiger partial charge in [-0.15, -0.1) is 0 Å². The molecular weight excluding hydrogens is 196 g/mol. The monoisotopic (exact) mass is 202 g/mol. The van der Waals surface area contributed by atoms with Gasteiger partial charge in [0.05, 0.1) is 9.82 Å². The van der Waals surface area contributed by atoms with Gasteiger partial charge in [-0.05, 0) is 12.1 Å². The molecule has 1 aromatic carbocycles. The van der Waals surface area contributed by atoms with E-state index in [0.717, 1.165) is 6.07 Å². The Balaban J connectivity index is 3.27. The maximum Gasteiger partial charge on any atom is 0.293 e. The van der Waals surface area contributed by atoms with Crippen LogP contribution in [0.1, 0.15) is 0 Å². The van der Waals surface area contributed by atoms with Crippen molar-refractivity contribution in [2.24, 2.45) is 0 Å². The van der Waals surface area contributed by atoms with Crippen LogP contribution in [-0.2, 0) is 11.1 Å². The molecule has 1 unspecified atom stereocenters. The highest BCUT2D eigenvalue weighted by molar-refractivity contribution is 7.79. The molecule has 0 fully saturated rings. The van der Waals surface area contributed by atoms with E-state index in [2.05, 4.69) is 0 Å². The summed E-state index contributed by atoms with van der Waals surface area (Å²) >= 11 is -2.22. The minimum atomic E-state index is -2.22. The smallest absolute Gasteiger partial charge is 0.293 e. The highest BCUT2D eigenvalue weighted by atomic mass is 32.2. The van der Waals surface area contributed by atoms with E-state index in [1.165, 1.54) is 12.1 Å². The minimum Gasteiger partial charge on any atom is -0.393 e. The summed E-state index contributed by atoms with van der Waals surface area (Å²) < 4.78 is 19.2. The molecule has 0 saturated carbocycles. The maximum atomic E-state index is 10.5. The van der Waals surface area contributed by atoms with Gasteiger partial charge in [-0.1, -0.05) is 0 Å². The molecule has 1 rings (SSSR count). The van der Waals surface area contributed by atoms with Crippen LogP contribution in [0, 0.1) is 10.1 Å². The molecule has 6 nitrogen and oxygen atoms in total. The molecule has 0 aromatic heterocycles. The Labute approximate surface area is 75.8 Å². The van der Waals surface area contributed by atoms with Gasteiger partial charge in [0.15, 0.2) is 11.1 Å². The third-order valence-electron chi connectivity index (χ3n) is 1.40. The molecule has 0 aliphatic rings. The Morgan fingerprint density at radius 1 is 1.54 bits per heavy atom. The van der Waals surface area contributed by atoms with Gasteiger partial charge < -0.3 is 10.3 Å². The van der Waals surface area contributed by atoms with E-state index in [9.17, 15) is 14.3 Å². The van der Waals surface area contributed by atoms with E-state index < -0.39 is 16.0 Å². The van der Waals surface area contributed by atoms with Crippen LogP contribution >= 0.6 is 0 Å². The van der Waals surface area contributed by atoms with E-state index in [-0.39, 0.29) is 16.3 Å². The molecule has 1 atom stereocenters. The number of hydrogen-bond acceptors (Lipinski definition) is 4. The fourth-order valence-electron chi connectivity index (χ4n) is 0.790. The first kappa shape index (κ1) is 9.62. The third-order valence-corrected chi connectivity index (χ3v) is 2.06. The fraction of sp³-hybridized carbons (Fsp3) is 0. The summed E-state index contributed by atoms with van der Waals surface area (Å²) in [5.74, 6) is 0. The number of nitrogens with zero attached hydrogens (tertiary/aromatic N) is 1. The summed E-state index contributed by atoms with van der Waals surface area (Å²) in [7, 11) is 0. The zero-order valence-corrected chi connectivity index (χ0v) is 7.15. The number of nitro benzene ring substituents is 1. The first-order chi connectivity index (χ1) is 6.02. The topological polar surface area (TPSA) is 106 Å². The first-order valence-corrected chi connectivity index (χ1v) is 4.28. The number of benzene rings is 1. The predicted octanol–water partition coefficient (Wildman–Crippen LogP) is 0.758. The molecule has 7 heteroatoms. The Morgan fingerprint density at radius 2 is 2.15 bits per heavy atom. The molecule has 0 radical (unpaired) electrons. The van der Waals surface area contributed by atoms with Gasteiger partial charge in [-0.25, -0.2) is 4.21 Å². The summed E-state index contributed by atoms with van der Waals surface area (Å²) in [6, 6.07) is 3.46. The number of nitrogens with two attached hydrogens (primary N) is 1. The molecule has 0 saturated heterocycles. The summed E-state index contributed by atoms with van der Waals surface area (Å²) in [6.07, 6.45) is 0. The normalized spacial score (nSPS) is 12.4. The van der Waals surface area contributed by atoms with Gasteiger partial charge in [-0.3, -0.25) is 10.1 Å². The molecule has 1 aromatic rings. The van der Waals surface area contributed by atoms with Crippen LogP contribution in [0.5, 0.6) is 0 Å². The summed E-state index contributed by atoms with van der Waals surface area (Å²) in [4.78, 5) is 9.60. The highest BCUT2D eigenvalue weighted by Gasteiger charge is 2.13. The quantitative estimate of drug-likeness (QED) is 0.318. The van der Waals surface area contributed by atoms with Gasteiger partial charge in [-0.2, -0.15) is 0 Å². The molecule has 3 N–H and O–H groups in total. The molecule has 70 valence electrons. The SMILES string of the molecule is Nc1ccc(S(=O)O)cc1[N+](=O)[O-]. The average Bonchev–Trinajstić information content (AvgIpc) is 2.04. The van der Waals surface area contributed by atoms with Crippen LogP contribution in [0.25, 0.3) is 0 Å². The van der Waals surface area contributed by atoms with Gasteiger partial charge in [0.2, 0.25) is 0 Å². The molecular formula is C6H6N2O4S. The second kappa shape index (κ2) is 3.50. The van der Waals surface area contributed by atoms with Crippen molar-refractivity contribution in [3.8, 4) is 0 Å². The zero-order chi connectivity index (χ0) is 10.0. The molecule has 0 amide bonds. The fourth-order valence-corrected chi connectivity index (χ4v) is 1.19. The first-order valence-electron chi connectivity index (χ1n) is 3.17. The van der Waals surface area contributed by atoms with Crippen molar-refractivity contribution < 1.29 is 13.7 Å². The predicted molar refractivity (Wildman–Crippen MR) is 46.5 cm³/mol. The van der Waals surface area contributed by atoms with Crippen molar-refractivity contribution >= 4 is 22.5 Å². The Bertz CT molecular complexity index is 379. The second-order valence-corrected chi connectivity index (χ2v) is 3.20. The van der Waals surface area contributed by atoms with Crippen molar-refractivity contribution in [3.05, 3.63) is 28.3 Å². The number of rotatable bonds is 2. The Morgan fingerprint density at radius 3 is 2.62 bits per heavy atom. The van der Waals surface area contributed by atoms with Gasteiger partial charge >= 0.3 is 0 Å². The van der Waals surface area contributed by atoms with Gasteiger partial charge in [0.1, 0.15) is 5.69 Å². The lowest BCUT2D eigenvalue weighted by atomic mass is 10.3. The molecule has 0 spiro atoms. The lowest BCUT2D eigenvalue weighted by molar-refractivity contribution is -0.384. The Hall–Kier alpha value is -1.47. The number of nitro groups is 1. The van der Waals surface area contributed by atoms with Crippen LogP contribution < -0.4 is 5.73 Å². The number of anilines is 1. The van der Waals surface area contributed by atoms with Crippen molar-refractivity contribution in [2.45, 2.75) is 4.90 Å². The standard InChI is InChI=1S/C6H6N2O4S/c7-5-2-1-4(13(11)12)3-6(5)8(9)10/h1-3H,7H2,(H,11,12). The number of hydrogen-bond donors (Lipinski definition) is 2. The largest absolute Gasteiger partial charge is 0.393 e. The highest BCUT2D eigenvalue weighted by Crippen LogP contribution is 2.23. The summed E-state index contributed by atoms with van der Waals surface area (Å²) in [6.45, 7) is 0. The maximum absolute atomic E-state index is 10.5. The zero-order valence-electron chi connectivity index (χ0n) is 6.34. The molecule has 0 heterocycles. The van der Waals surface area contributed by atoms with Crippen molar-refractivity contribution in [2.75, 3.05) is 5.73 Å². The van der Waals surface area contributed by atoms with Gasteiger partial charge in [0.25, 0.3) is 5.69 Å². The molecule has 13 heavy (non-hydrogen) atoms. The average molecular weight is 202 g/mol. The van der Waals surface area contributed by atoms with E-state index in [4.69, 9.17) is 10.3 Å². The molecule has 0 aliphatic carbocycles. The second-order valence-electron chi connectivity index (χ2n) is 2.23. The Kier molecular flexibility index (Phi) is 2.59. The van der Waals surface area contributed by atoms with E-state index in [1.807, 2.05) is 0 Å². The lowest BCUT2D eigenvalue weighted by Gasteiger charge is -1.98. The van der Waals surface area contributed by atoms with E-state index in [1.54, 1.807) is 0 Å². The van der Waals surface area contributed by atoms with Crippen LogP contribution in [0.15, 0.2) is 23.1 Å². The number of nitrogen functional groups attached to an aromatic ring is 1.